The number of pyridine rings is 1. The molecule has 0 fully saturated rings. The molecule has 13 heavy (non-hydrogen) atoms. The van der Waals surface area contributed by atoms with Crippen LogP contribution in [-0.2, 0) is 0 Å². The fourth-order valence-electron chi connectivity index (χ4n) is 0.686. The summed E-state index contributed by atoms with van der Waals surface area (Å²) in [5, 5.41) is 2.29. The summed E-state index contributed by atoms with van der Waals surface area (Å²) in [4.78, 5) is 25.0. The highest BCUT2D eigenvalue weighted by Crippen LogP contribution is 2.05. The third-order valence-electron chi connectivity index (χ3n) is 1.20. The van der Waals surface area contributed by atoms with Gasteiger partial charge in [0.2, 0.25) is 0 Å². The number of imide groups is 1. The van der Waals surface area contributed by atoms with Crippen molar-refractivity contribution in [3.63, 3.8) is 0 Å². The zero-order chi connectivity index (χ0) is 9.84. The van der Waals surface area contributed by atoms with Crippen molar-refractivity contribution in [3.8, 4) is 0 Å². The molecule has 1 rings (SSSR count). The minimum atomic E-state index is -0.915. The fourth-order valence-corrected chi connectivity index (χ4v) is 0.798. The van der Waals surface area contributed by atoms with Crippen LogP contribution >= 0.6 is 11.6 Å². The smallest absolute Gasteiger partial charge is 0.319 e. The molecule has 0 unspecified atom stereocenters. The van der Waals surface area contributed by atoms with Crippen molar-refractivity contribution in [1.82, 2.24) is 10.3 Å². The molecule has 0 atom stereocenters. The Balaban J connectivity index is 2.78. The van der Waals surface area contributed by atoms with Gasteiger partial charge in [-0.15, -0.1) is 0 Å². The average Bonchev–Trinajstić information content (AvgIpc) is 2.04. The third kappa shape index (κ3) is 2.72. The summed E-state index contributed by atoms with van der Waals surface area (Å²) in [5.74, 6) is -0.649. The van der Waals surface area contributed by atoms with Crippen LogP contribution in [0.25, 0.3) is 0 Å². The van der Waals surface area contributed by atoms with Crippen molar-refractivity contribution in [1.29, 1.82) is 0 Å². The second kappa shape index (κ2) is 3.86. The molecular weight excluding hydrogens is 194 g/mol. The first-order valence-corrected chi connectivity index (χ1v) is 3.70. The summed E-state index contributed by atoms with van der Waals surface area (Å²) in [6, 6.07) is 1.96. The van der Waals surface area contributed by atoms with Crippen LogP contribution < -0.4 is 11.1 Å². The van der Waals surface area contributed by atoms with Gasteiger partial charge in [0.1, 0.15) is 5.69 Å². The molecule has 0 aliphatic rings. The van der Waals surface area contributed by atoms with Gasteiger partial charge in [0.25, 0.3) is 5.91 Å². The molecular formula is C7H6ClN3O2. The van der Waals surface area contributed by atoms with Crippen LogP contribution in [0.3, 0.4) is 0 Å². The van der Waals surface area contributed by atoms with E-state index in [1.165, 1.54) is 18.3 Å². The summed E-state index contributed by atoms with van der Waals surface area (Å²) >= 11 is 5.54. The lowest BCUT2D eigenvalue weighted by molar-refractivity contribution is 0.0961. The van der Waals surface area contributed by atoms with Gasteiger partial charge < -0.3 is 5.73 Å². The quantitative estimate of drug-likeness (QED) is 0.693. The molecule has 5 nitrogen and oxygen atoms in total. The molecule has 6 heteroatoms. The Kier molecular flexibility index (Phi) is 2.81. The van der Waals surface area contributed by atoms with Crippen molar-refractivity contribution in [2.45, 2.75) is 0 Å². The van der Waals surface area contributed by atoms with Gasteiger partial charge in [-0.1, -0.05) is 11.6 Å². The summed E-state index contributed by atoms with van der Waals surface area (Å²) in [6.45, 7) is 0. The number of carbonyl (C=O) groups is 2. The molecule has 0 aliphatic heterocycles. The molecule has 68 valence electrons. The molecule has 0 aromatic carbocycles. The highest BCUT2D eigenvalue weighted by Gasteiger charge is 2.07. The normalized spacial score (nSPS) is 9.31. The first-order chi connectivity index (χ1) is 6.09. The SMILES string of the molecule is NC(=O)NC(=O)c1ccc(Cl)cn1. The Bertz CT molecular complexity index is 336. The van der Waals surface area contributed by atoms with Crippen molar-refractivity contribution in [2.24, 2.45) is 5.73 Å². The first-order valence-electron chi connectivity index (χ1n) is 3.32. The predicted molar refractivity (Wildman–Crippen MR) is 46.3 cm³/mol. The van der Waals surface area contributed by atoms with E-state index in [1.807, 2.05) is 5.32 Å². The van der Waals surface area contributed by atoms with Gasteiger partial charge in [-0.3, -0.25) is 10.1 Å². The van der Waals surface area contributed by atoms with E-state index < -0.39 is 11.9 Å². The van der Waals surface area contributed by atoms with Gasteiger partial charge in [0.15, 0.2) is 0 Å². The second-order valence-electron chi connectivity index (χ2n) is 2.18. The number of carbonyl (C=O) groups excluding carboxylic acids is 2. The zero-order valence-electron chi connectivity index (χ0n) is 6.45. The van der Waals surface area contributed by atoms with Gasteiger partial charge in [-0.2, -0.15) is 0 Å². The molecule has 0 spiro atoms. The van der Waals surface area contributed by atoms with Crippen LogP contribution in [0, 0.1) is 0 Å². The summed E-state index contributed by atoms with van der Waals surface area (Å²) in [5.41, 5.74) is 4.82. The molecule has 3 N–H and O–H groups in total. The van der Waals surface area contributed by atoms with E-state index >= 15 is 0 Å². The molecule has 0 radical (unpaired) electrons. The zero-order valence-corrected chi connectivity index (χ0v) is 7.21. The number of nitrogens with zero attached hydrogens (tertiary/aromatic N) is 1. The van der Waals surface area contributed by atoms with E-state index in [1.54, 1.807) is 0 Å². The van der Waals surface area contributed by atoms with Crippen LogP contribution in [0.5, 0.6) is 0 Å². The Morgan fingerprint density at radius 1 is 1.46 bits per heavy atom. The highest BCUT2D eigenvalue weighted by atomic mass is 35.5. The minimum Gasteiger partial charge on any atom is -0.351 e. The summed E-state index contributed by atoms with van der Waals surface area (Å²) < 4.78 is 0. The second-order valence-corrected chi connectivity index (χ2v) is 2.62. The van der Waals surface area contributed by atoms with Crippen LogP contribution in [0.1, 0.15) is 10.5 Å². The first kappa shape index (κ1) is 9.47. The number of halogens is 1. The molecule has 0 aliphatic carbocycles. The lowest BCUT2D eigenvalue weighted by atomic mass is 10.3. The Labute approximate surface area is 78.9 Å². The Morgan fingerprint density at radius 2 is 2.15 bits per heavy atom. The van der Waals surface area contributed by atoms with Crippen molar-refractivity contribution in [3.05, 3.63) is 29.0 Å². The standard InChI is InChI=1S/C7H6ClN3O2/c8-4-1-2-5(10-3-4)6(12)11-7(9)13/h1-3H,(H3,9,11,12,13). The van der Waals surface area contributed by atoms with Gasteiger partial charge in [-0.25, -0.2) is 9.78 Å². The molecule has 0 saturated carbocycles. The number of urea groups is 1. The molecule has 1 heterocycles. The number of amides is 3. The third-order valence-corrected chi connectivity index (χ3v) is 1.42. The Hall–Kier alpha value is -1.62. The molecule has 3 amide bonds. The lowest BCUT2D eigenvalue weighted by Crippen LogP contribution is -2.35. The van der Waals surface area contributed by atoms with E-state index in [4.69, 9.17) is 17.3 Å². The number of nitrogens with one attached hydrogen (secondary N) is 1. The molecule has 0 saturated heterocycles. The molecule has 1 aromatic rings. The van der Waals surface area contributed by atoms with Crippen molar-refractivity contribution >= 4 is 23.5 Å². The van der Waals surface area contributed by atoms with Gasteiger partial charge in [-0.05, 0) is 12.1 Å². The number of hydrogen-bond donors (Lipinski definition) is 2. The van der Waals surface area contributed by atoms with Gasteiger partial charge in [0.05, 0.1) is 5.02 Å². The average molecular weight is 200 g/mol. The fraction of sp³-hybridized carbons (Fsp3) is 0. The number of rotatable bonds is 1. The van der Waals surface area contributed by atoms with E-state index in [2.05, 4.69) is 4.98 Å². The lowest BCUT2D eigenvalue weighted by Gasteiger charge is -1.98. The van der Waals surface area contributed by atoms with Gasteiger partial charge in [0, 0.05) is 6.20 Å². The largest absolute Gasteiger partial charge is 0.351 e. The van der Waals surface area contributed by atoms with Crippen LogP contribution in [-0.4, -0.2) is 16.9 Å². The summed E-state index contributed by atoms with van der Waals surface area (Å²) in [6.07, 6.45) is 1.30. The maximum atomic E-state index is 11.0. The molecule has 0 bridgehead atoms. The number of primary amides is 1. The van der Waals surface area contributed by atoms with Crippen LogP contribution in [0.15, 0.2) is 18.3 Å². The van der Waals surface area contributed by atoms with E-state index in [-0.39, 0.29) is 5.69 Å². The molecule has 1 aromatic heterocycles. The van der Waals surface area contributed by atoms with Crippen molar-refractivity contribution in [2.75, 3.05) is 0 Å². The van der Waals surface area contributed by atoms with E-state index in [9.17, 15) is 9.59 Å². The monoisotopic (exact) mass is 199 g/mol. The van der Waals surface area contributed by atoms with Gasteiger partial charge >= 0.3 is 6.03 Å². The topological polar surface area (TPSA) is 85.1 Å². The van der Waals surface area contributed by atoms with E-state index in [0.29, 0.717) is 5.02 Å². The number of nitrogens with two attached hydrogens (primary N) is 1. The summed E-state index contributed by atoms with van der Waals surface area (Å²) in [7, 11) is 0. The van der Waals surface area contributed by atoms with Crippen LogP contribution in [0.4, 0.5) is 4.79 Å². The maximum absolute atomic E-state index is 11.0. The predicted octanol–water partition coefficient (Wildman–Crippen LogP) is 0.543. The van der Waals surface area contributed by atoms with Crippen molar-refractivity contribution < 1.29 is 9.59 Å². The Morgan fingerprint density at radius 3 is 2.62 bits per heavy atom. The highest BCUT2D eigenvalue weighted by molar-refractivity contribution is 6.30. The number of hydrogen-bond acceptors (Lipinski definition) is 3. The number of aromatic nitrogens is 1. The maximum Gasteiger partial charge on any atom is 0.319 e. The van der Waals surface area contributed by atoms with Crippen LogP contribution in [0.2, 0.25) is 5.02 Å². The minimum absolute atomic E-state index is 0.0863. The van der Waals surface area contributed by atoms with E-state index in [0.717, 1.165) is 0 Å².